The van der Waals surface area contributed by atoms with Crippen LogP contribution < -0.4 is 0 Å². The minimum absolute atomic E-state index is 0.426. The number of fused-ring (bicyclic) bond motifs is 1. The molecule has 3 nitrogen and oxygen atoms in total. The van der Waals surface area contributed by atoms with Crippen LogP contribution in [0.3, 0.4) is 0 Å². The highest BCUT2D eigenvalue weighted by atomic mass is 15.1. The molecule has 1 aliphatic heterocycles. The second-order valence-corrected chi connectivity index (χ2v) is 5.77. The molecule has 0 amide bonds. The summed E-state index contributed by atoms with van der Waals surface area (Å²) >= 11 is 0. The van der Waals surface area contributed by atoms with E-state index in [0.717, 1.165) is 24.5 Å². The average Bonchev–Trinajstić information content (AvgIpc) is 2.69. The second-order valence-electron chi connectivity index (χ2n) is 5.77. The van der Waals surface area contributed by atoms with Crippen LogP contribution in [-0.4, -0.2) is 9.55 Å². The van der Waals surface area contributed by atoms with Gasteiger partial charge in [0, 0.05) is 18.2 Å². The van der Waals surface area contributed by atoms with Crippen molar-refractivity contribution in [2.45, 2.75) is 64.8 Å². The van der Waals surface area contributed by atoms with E-state index >= 15 is 0 Å². The summed E-state index contributed by atoms with van der Waals surface area (Å²) in [6, 6.07) is 2.38. The van der Waals surface area contributed by atoms with Gasteiger partial charge in [0.2, 0.25) is 0 Å². The molecule has 0 atom stereocenters. The van der Waals surface area contributed by atoms with Crippen molar-refractivity contribution in [3.05, 3.63) is 17.2 Å². The van der Waals surface area contributed by atoms with E-state index in [0.29, 0.717) is 5.92 Å². The van der Waals surface area contributed by atoms with Crippen molar-refractivity contribution in [3.63, 3.8) is 0 Å². The molecule has 0 saturated heterocycles. The summed E-state index contributed by atoms with van der Waals surface area (Å²) in [7, 11) is 0. The van der Waals surface area contributed by atoms with Crippen LogP contribution >= 0.6 is 0 Å². The van der Waals surface area contributed by atoms with Crippen LogP contribution in [0.25, 0.3) is 0 Å². The molecule has 0 spiro atoms. The lowest BCUT2D eigenvalue weighted by molar-refractivity contribution is 0.499. The van der Waals surface area contributed by atoms with Crippen LogP contribution in [0.15, 0.2) is 0 Å². The van der Waals surface area contributed by atoms with Gasteiger partial charge in [0.15, 0.2) is 0 Å². The molecule has 92 valence electrons. The SMILES string of the molecule is CC(C)c1nc(C(C)(C)C#N)c2n1CCCC2. The molecule has 0 bridgehead atoms. The lowest BCUT2D eigenvalue weighted by Gasteiger charge is -2.21. The largest absolute Gasteiger partial charge is 0.331 e. The topological polar surface area (TPSA) is 41.6 Å². The maximum absolute atomic E-state index is 9.30. The van der Waals surface area contributed by atoms with Crippen LogP contribution in [0.4, 0.5) is 0 Å². The van der Waals surface area contributed by atoms with Crippen LogP contribution in [0.1, 0.15) is 63.7 Å². The Kier molecular flexibility index (Phi) is 2.99. The number of nitriles is 1. The summed E-state index contributed by atoms with van der Waals surface area (Å²) in [5.41, 5.74) is 1.83. The zero-order valence-electron chi connectivity index (χ0n) is 11.2. The molecule has 0 N–H and O–H groups in total. The van der Waals surface area contributed by atoms with Gasteiger partial charge in [-0.2, -0.15) is 5.26 Å². The fourth-order valence-electron chi connectivity index (χ4n) is 2.56. The Morgan fingerprint density at radius 3 is 2.65 bits per heavy atom. The highest BCUT2D eigenvalue weighted by Crippen LogP contribution is 2.32. The molecule has 1 aromatic heterocycles. The first kappa shape index (κ1) is 12.2. The number of imidazole rings is 1. The van der Waals surface area contributed by atoms with E-state index in [9.17, 15) is 5.26 Å². The zero-order chi connectivity index (χ0) is 12.6. The third-order valence-corrected chi connectivity index (χ3v) is 3.54. The van der Waals surface area contributed by atoms with Crippen molar-refractivity contribution in [3.8, 4) is 6.07 Å². The molecule has 0 radical (unpaired) electrons. The fourth-order valence-corrected chi connectivity index (χ4v) is 2.56. The first-order valence-electron chi connectivity index (χ1n) is 6.48. The monoisotopic (exact) mass is 231 g/mol. The third-order valence-electron chi connectivity index (χ3n) is 3.54. The van der Waals surface area contributed by atoms with Crippen LogP contribution in [0.5, 0.6) is 0 Å². The summed E-state index contributed by atoms with van der Waals surface area (Å²) in [5, 5.41) is 9.30. The summed E-state index contributed by atoms with van der Waals surface area (Å²) in [4.78, 5) is 4.77. The molecular formula is C14H21N3. The fraction of sp³-hybridized carbons (Fsp3) is 0.714. The molecule has 0 unspecified atom stereocenters. The van der Waals surface area contributed by atoms with Crippen molar-refractivity contribution < 1.29 is 0 Å². The molecule has 2 rings (SSSR count). The lowest BCUT2D eigenvalue weighted by atomic mass is 9.88. The van der Waals surface area contributed by atoms with Gasteiger partial charge in [-0.1, -0.05) is 13.8 Å². The quantitative estimate of drug-likeness (QED) is 0.784. The second kappa shape index (κ2) is 4.18. The van der Waals surface area contributed by atoms with E-state index in [-0.39, 0.29) is 0 Å². The molecule has 1 aliphatic rings. The standard InChI is InChI=1S/C14H21N3/c1-10(2)13-16-12(14(3,4)9-15)11-7-5-6-8-17(11)13/h10H,5-8H2,1-4H3. The van der Waals surface area contributed by atoms with Crippen LogP contribution in [0, 0.1) is 11.3 Å². The molecule has 2 heterocycles. The Labute approximate surface area is 103 Å². The normalized spacial score (nSPS) is 15.8. The summed E-state index contributed by atoms with van der Waals surface area (Å²) in [6.45, 7) is 9.35. The van der Waals surface area contributed by atoms with E-state index in [1.807, 2.05) is 13.8 Å². The molecular weight excluding hydrogens is 210 g/mol. The minimum atomic E-state index is -0.471. The zero-order valence-corrected chi connectivity index (χ0v) is 11.2. The molecule has 0 aliphatic carbocycles. The van der Waals surface area contributed by atoms with E-state index in [1.165, 1.54) is 18.5 Å². The van der Waals surface area contributed by atoms with Gasteiger partial charge in [0.25, 0.3) is 0 Å². The van der Waals surface area contributed by atoms with Gasteiger partial charge >= 0.3 is 0 Å². The van der Waals surface area contributed by atoms with E-state index < -0.39 is 5.41 Å². The highest BCUT2D eigenvalue weighted by Gasteiger charge is 2.31. The first-order valence-corrected chi connectivity index (χ1v) is 6.48. The van der Waals surface area contributed by atoms with Gasteiger partial charge in [-0.15, -0.1) is 0 Å². The Bertz CT molecular complexity index is 461. The smallest absolute Gasteiger partial charge is 0.111 e. The van der Waals surface area contributed by atoms with Gasteiger partial charge < -0.3 is 4.57 Å². The van der Waals surface area contributed by atoms with Crippen molar-refractivity contribution >= 4 is 0 Å². The molecule has 3 heteroatoms. The molecule has 1 aromatic rings. The van der Waals surface area contributed by atoms with Gasteiger partial charge in [0.1, 0.15) is 5.82 Å². The van der Waals surface area contributed by atoms with E-state index in [1.54, 1.807) is 0 Å². The number of hydrogen-bond acceptors (Lipinski definition) is 2. The highest BCUT2D eigenvalue weighted by molar-refractivity contribution is 5.32. The minimum Gasteiger partial charge on any atom is -0.331 e. The van der Waals surface area contributed by atoms with Crippen molar-refractivity contribution in [1.82, 2.24) is 9.55 Å². The van der Waals surface area contributed by atoms with Crippen molar-refractivity contribution in [2.24, 2.45) is 0 Å². The Balaban J connectivity index is 2.58. The van der Waals surface area contributed by atoms with Gasteiger partial charge in [-0.25, -0.2) is 4.98 Å². The first-order chi connectivity index (χ1) is 7.97. The molecule has 0 saturated carbocycles. The maximum atomic E-state index is 9.30. The Hall–Kier alpha value is -1.30. The summed E-state index contributed by atoms with van der Waals surface area (Å²) in [6.07, 6.45) is 3.52. The summed E-state index contributed by atoms with van der Waals surface area (Å²) < 4.78 is 2.35. The number of rotatable bonds is 2. The van der Waals surface area contributed by atoms with Crippen LogP contribution in [0.2, 0.25) is 0 Å². The Morgan fingerprint density at radius 2 is 2.06 bits per heavy atom. The average molecular weight is 231 g/mol. The van der Waals surface area contributed by atoms with Crippen molar-refractivity contribution in [1.29, 1.82) is 5.26 Å². The maximum Gasteiger partial charge on any atom is 0.111 e. The number of aromatic nitrogens is 2. The molecule has 0 aromatic carbocycles. The van der Waals surface area contributed by atoms with Gasteiger partial charge in [-0.3, -0.25) is 0 Å². The van der Waals surface area contributed by atoms with Gasteiger partial charge in [-0.05, 0) is 33.1 Å². The molecule has 0 fully saturated rings. The van der Waals surface area contributed by atoms with Crippen LogP contribution in [-0.2, 0) is 18.4 Å². The van der Waals surface area contributed by atoms with Crippen molar-refractivity contribution in [2.75, 3.05) is 0 Å². The summed E-state index contributed by atoms with van der Waals surface area (Å²) in [5.74, 6) is 1.58. The number of nitrogens with zero attached hydrogens (tertiary/aromatic N) is 3. The third kappa shape index (κ3) is 1.97. The predicted molar refractivity (Wildman–Crippen MR) is 67.9 cm³/mol. The van der Waals surface area contributed by atoms with E-state index in [2.05, 4.69) is 24.5 Å². The van der Waals surface area contributed by atoms with E-state index in [4.69, 9.17) is 4.98 Å². The lowest BCUT2D eigenvalue weighted by Crippen LogP contribution is -2.20. The Morgan fingerprint density at radius 1 is 1.35 bits per heavy atom. The van der Waals surface area contributed by atoms with Gasteiger partial charge in [0.05, 0.1) is 17.2 Å². The molecule has 17 heavy (non-hydrogen) atoms. The number of hydrogen-bond donors (Lipinski definition) is 0. The predicted octanol–water partition coefficient (Wildman–Crippen LogP) is 3.14.